The van der Waals surface area contributed by atoms with Crippen LogP contribution in [0.15, 0.2) is 18.2 Å². The SMILES string of the molecule is COc1cc(CN2CCCNCC2)ccc1C. The van der Waals surface area contributed by atoms with Gasteiger partial charge in [-0.2, -0.15) is 0 Å². The lowest BCUT2D eigenvalue weighted by Crippen LogP contribution is -2.27. The van der Waals surface area contributed by atoms with Crippen LogP contribution in [0.4, 0.5) is 0 Å². The van der Waals surface area contributed by atoms with Crippen LogP contribution in [0.2, 0.25) is 0 Å². The molecule has 3 nitrogen and oxygen atoms in total. The summed E-state index contributed by atoms with van der Waals surface area (Å²) in [5.74, 6) is 0.996. The van der Waals surface area contributed by atoms with Crippen LogP contribution in [0.5, 0.6) is 5.75 Å². The number of hydrogen-bond donors (Lipinski definition) is 1. The lowest BCUT2D eigenvalue weighted by Gasteiger charge is -2.20. The van der Waals surface area contributed by atoms with E-state index in [2.05, 4.69) is 35.3 Å². The highest BCUT2D eigenvalue weighted by Gasteiger charge is 2.09. The topological polar surface area (TPSA) is 24.5 Å². The highest BCUT2D eigenvalue weighted by molar-refractivity contribution is 5.36. The van der Waals surface area contributed by atoms with Crippen molar-refractivity contribution in [3.63, 3.8) is 0 Å². The van der Waals surface area contributed by atoms with Crippen molar-refractivity contribution in [1.29, 1.82) is 0 Å². The molecule has 1 saturated heterocycles. The Bertz CT molecular complexity index is 357. The number of hydrogen-bond acceptors (Lipinski definition) is 3. The standard InChI is InChI=1S/C14H22N2O/c1-12-4-5-13(10-14(12)17-2)11-16-8-3-6-15-7-9-16/h4-5,10,15H,3,6-9,11H2,1-2H3. The molecule has 0 aliphatic carbocycles. The lowest BCUT2D eigenvalue weighted by atomic mass is 10.1. The number of nitrogens with zero attached hydrogens (tertiary/aromatic N) is 1. The van der Waals surface area contributed by atoms with Gasteiger partial charge < -0.3 is 10.1 Å². The predicted molar refractivity (Wildman–Crippen MR) is 70.5 cm³/mol. The Balaban J connectivity index is 2.01. The molecule has 0 atom stereocenters. The van der Waals surface area contributed by atoms with Crippen LogP contribution >= 0.6 is 0 Å². The monoisotopic (exact) mass is 234 g/mol. The van der Waals surface area contributed by atoms with Gasteiger partial charge >= 0.3 is 0 Å². The molecule has 0 aromatic heterocycles. The number of ether oxygens (including phenoxy) is 1. The largest absolute Gasteiger partial charge is 0.496 e. The van der Waals surface area contributed by atoms with Crippen molar-refractivity contribution in [3.8, 4) is 5.75 Å². The van der Waals surface area contributed by atoms with E-state index in [0.717, 1.165) is 31.9 Å². The third-order valence-electron chi connectivity index (χ3n) is 3.31. The zero-order valence-electron chi connectivity index (χ0n) is 10.8. The van der Waals surface area contributed by atoms with E-state index in [9.17, 15) is 0 Å². The highest BCUT2D eigenvalue weighted by Crippen LogP contribution is 2.20. The highest BCUT2D eigenvalue weighted by atomic mass is 16.5. The summed E-state index contributed by atoms with van der Waals surface area (Å²) in [7, 11) is 1.74. The van der Waals surface area contributed by atoms with Crippen molar-refractivity contribution in [2.75, 3.05) is 33.3 Å². The molecule has 0 radical (unpaired) electrons. The molecule has 0 unspecified atom stereocenters. The van der Waals surface area contributed by atoms with Gasteiger partial charge in [0.1, 0.15) is 5.75 Å². The number of rotatable bonds is 3. The van der Waals surface area contributed by atoms with Gasteiger partial charge in [-0.3, -0.25) is 4.90 Å². The third kappa shape index (κ3) is 3.45. The number of methoxy groups -OCH3 is 1. The van der Waals surface area contributed by atoms with Crippen molar-refractivity contribution in [3.05, 3.63) is 29.3 Å². The first-order chi connectivity index (χ1) is 8.29. The minimum Gasteiger partial charge on any atom is -0.496 e. The van der Waals surface area contributed by atoms with Crippen molar-refractivity contribution in [1.82, 2.24) is 10.2 Å². The second-order valence-electron chi connectivity index (χ2n) is 4.68. The number of nitrogens with one attached hydrogen (secondary N) is 1. The van der Waals surface area contributed by atoms with Crippen LogP contribution in [0.1, 0.15) is 17.5 Å². The normalized spacial score (nSPS) is 17.8. The van der Waals surface area contributed by atoms with Crippen molar-refractivity contribution >= 4 is 0 Å². The fourth-order valence-electron chi connectivity index (χ4n) is 2.28. The first-order valence-corrected chi connectivity index (χ1v) is 6.36. The molecule has 1 fully saturated rings. The molecule has 0 spiro atoms. The molecule has 0 amide bonds. The van der Waals surface area contributed by atoms with Gasteiger partial charge in [0, 0.05) is 19.6 Å². The summed E-state index contributed by atoms with van der Waals surface area (Å²) >= 11 is 0. The molecule has 0 bridgehead atoms. The van der Waals surface area contributed by atoms with Gasteiger partial charge in [-0.25, -0.2) is 0 Å². The first kappa shape index (κ1) is 12.4. The van der Waals surface area contributed by atoms with E-state index in [1.54, 1.807) is 7.11 Å². The predicted octanol–water partition coefficient (Wildman–Crippen LogP) is 1.80. The first-order valence-electron chi connectivity index (χ1n) is 6.36. The van der Waals surface area contributed by atoms with E-state index in [4.69, 9.17) is 4.74 Å². The molecule has 3 heteroatoms. The second kappa shape index (κ2) is 6.03. The maximum Gasteiger partial charge on any atom is 0.122 e. The smallest absolute Gasteiger partial charge is 0.122 e. The Kier molecular flexibility index (Phi) is 4.40. The maximum atomic E-state index is 5.37. The van der Waals surface area contributed by atoms with Crippen molar-refractivity contribution in [2.24, 2.45) is 0 Å². The number of benzene rings is 1. The molecule has 1 heterocycles. The summed E-state index contributed by atoms with van der Waals surface area (Å²) in [4.78, 5) is 2.50. The fraction of sp³-hybridized carbons (Fsp3) is 0.571. The Morgan fingerprint density at radius 3 is 3.00 bits per heavy atom. The Morgan fingerprint density at radius 2 is 2.18 bits per heavy atom. The van der Waals surface area contributed by atoms with Gasteiger partial charge in [-0.15, -0.1) is 0 Å². The molecular weight excluding hydrogens is 212 g/mol. The average Bonchev–Trinajstić information content (AvgIpc) is 2.60. The molecule has 0 saturated carbocycles. The Hall–Kier alpha value is -1.06. The van der Waals surface area contributed by atoms with E-state index in [-0.39, 0.29) is 0 Å². The summed E-state index contributed by atoms with van der Waals surface area (Å²) in [5, 5.41) is 3.43. The summed E-state index contributed by atoms with van der Waals surface area (Å²) in [5.41, 5.74) is 2.54. The zero-order chi connectivity index (χ0) is 12.1. The third-order valence-corrected chi connectivity index (χ3v) is 3.31. The minimum atomic E-state index is 0.996. The van der Waals surface area contributed by atoms with Crippen molar-refractivity contribution < 1.29 is 4.74 Å². The minimum absolute atomic E-state index is 0.996. The van der Waals surface area contributed by atoms with E-state index in [1.165, 1.54) is 24.1 Å². The number of aryl methyl sites for hydroxylation is 1. The van der Waals surface area contributed by atoms with Gasteiger partial charge in [0.05, 0.1) is 7.11 Å². The van der Waals surface area contributed by atoms with Crippen LogP contribution in [0.3, 0.4) is 0 Å². The lowest BCUT2D eigenvalue weighted by molar-refractivity contribution is 0.284. The van der Waals surface area contributed by atoms with Gasteiger partial charge in [-0.05, 0) is 43.6 Å². The molecular formula is C14H22N2O. The molecule has 1 aromatic carbocycles. The molecule has 1 aromatic rings. The quantitative estimate of drug-likeness (QED) is 0.863. The zero-order valence-corrected chi connectivity index (χ0v) is 10.8. The van der Waals surface area contributed by atoms with E-state index < -0.39 is 0 Å². The molecule has 1 aliphatic rings. The van der Waals surface area contributed by atoms with Crippen LogP contribution in [0.25, 0.3) is 0 Å². The van der Waals surface area contributed by atoms with Gasteiger partial charge in [-0.1, -0.05) is 12.1 Å². The Labute approximate surface area is 104 Å². The van der Waals surface area contributed by atoms with Crippen LogP contribution in [-0.4, -0.2) is 38.2 Å². The van der Waals surface area contributed by atoms with Gasteiger partial charge in [0.2, 0.25) is 0 Å². The van der Waals surface area contributed by atoms with E-state index in [0.29, 0.717) is 0 Å². The maximum absolute atomic E-state index is 5.37. The molecule has 1 N–H and O–H groups in total. The Morgan fingerprint density at radius 1 is 1.29 bits per heavy atom. The van der Waals surface area contributed by atoms with E-state index in [1.807, 2.05) is 0 Å². The van der Waals surface area contributed by atoms with Crippen molar-refractivity contribution in [2.45, 2.75) is 19.9 Å². The summed E-state index contributed by atoms with van der Waals surface area (Å²) < 4.78 is 5.37. The fourth-order valence-corrected chi connectivity index (χ4v) is 2.28. The second-order valence-corrected chi connectivity index (χ2v) is 4.68. The summed E-state index contributed by atoms with van der Waals surface area (Å²) in [6, 6.07) is 6.51. The molecule has 1 aliphatic heterocycles. The van der Waals surface area contributed by atoms with Gasteiger partial charge in [0.25, 0.3) is 0 Å². The van der Waals surface area contributed by atoms with Gasteiger partial charge in [0.15, 0.2) is 0 Å². The van der Waals surface area contributed by atoms with Crippen LogP contribution < -0.4 is 10.1 Å². The van der Waals surface area contributed by atoms with Crippen LogP contribution in [0, 0.1) is 6.92 Å². The van der Waals surface area contributed by atoms with Crippen LogP contribution in [-0.2, 0) is 6.54 Å². The molecule has 94 valence electrons. The summed E-state index contributed by atoms with van der Waals surface area (Å²) in [6.45, 7) is 7.67. The summed E-state index contributed by atoms with van der Waals surface area (Å²) in [6.07, 6.45) is 1.24. The molecule has 2 rings (SSSR count). The van der Waals surface area contributed by atoms with E-state index >= 15 is 0 Å². The molecule has 17 heavy (non-hydrogen) atoms. The average molecular weight is 234 g/mol.